The maximum atomic E-state index is 11.9. The Bertz CT molecular complexity index is 421. The summed E-state index contributed by atoms with van der Waals surface area (Å²) in [7, 11) is 0. The van der Waals surface area contributed by atoms with E-state index in [0.717, 1.165) is 0 Å². The van der Waals surface area contributed by atoms with Crippen molar-refractivity contribution in [3.05, 3.63) is 73.8 Å². The Balaban J connectivity index is -0.000000169. The summed E-state index contributed by atoms with van der Waals surface area (Å²) >= 11 is 0. The van der Waals surface area contributed by atoms with Crippen LogP contribution in [0.3, 0.4) is 0 Å². The van der Waals surface area contributed by atoms with E-state index in [0.29, 0.717) is 5.57 Å². The molecule has 0 aliphatic heterocycles. The largest absolute Gasteiger partial charge is 2.00 e. The van der Waals surface area contributed by atoms with Crippen LogP contribution in [0.15, 0.2) is 48.1 Å². The normalized spacial score (nSPS) is 15.4. The van der Waals surface area contributed by atoms with Gasteiger partial charge in [-0.1, -0.05) is 42.5 Å². The number of halogens is 3. The van der Waals surface area contributed by atoms with Crippen LogP contribution in [0.1, 0.15) is 34.1 Å². The van der Waals surface area contributed by atoms with E-state index in [1.54, 1.807) is 12.5 Å². The summed E-state index contributed by atoms with van der Waals surface area (Å²) in [6, 6.07) is 0. The molecule has 0 saturated carbocycles. The van der Waals surface area contributed by atoms with Crippen LogP contribution in [0.2, 0.25) is 0 Å². The van der Waals surface area contributed by atoms with Gasteiger partial charge in [-0.25, -0.2) is 0 Å². The molecule has 0 bridgehead atoms. The standard InChI is InChI=1S/C9H10F3O2.C5H5.2C3H7.Fe.Rh/c10-9(11,12)8(14)5-7(13)6-3-1-2-4-6;1-2-4-5-3-1;2*1-3-2;;/h1-4,7-8,13-14H,5H2;1-5H;2*3H,1-2H3;;/q;;2*-1;;+2. The molecule has 2 aliphatic rings. The fraction of sp³-hybridized carbons (Fsp3) is 0.400. The first-order valence-corrected chi connectivity index (χ1v) is 8.03. The number of alkyl halides is 3. The quantitative estimate of drug-likeness (QED) is 0.403. The average Bonchev–Trinajstić information content (AvgIpc) is 3.24. The van der Waals surface area contributed by atoms with Crippen LogP contribution in [0.4, 0.5) is 13.2 Å². The minimum absolute atomic E-state index is 0. The summed E-state index contributed by atoms with van der Waals surface area (Å²) in [6.45, 7) is 8.00. The van der Waals surface area contributed by atoms with Crippen molar-refractivity contribution >= 4 is 0 Å². The van der Waals surface area contributed by atoms with Gasteiger partial charge in [0.05, 0.1) is 6.10 Å². The van der Waals surface area contributed by atoms with Gasteiger partial charge in [0.25, 0.3) is 0 Å². The third-order valence-corrected chi connectivity index (χ3v) is 2.45. The van der Waals surface area contributed by atoms with E-state index in [4.69, 9.17) is 5.11 Å². The fourth-order valence-corrected chi connectivity index (χ4v) is 1.41. The molecule has 0 aromatic carbocycles. The van der Waals surface area contributed by atoms with Crippen LogP contribution in [0, 0.1) is 25.7 Å². The summed E-state index contributed by atoms with van der Waals surface area (Å²) in [5.41, 5.74) is 0.383. The molecule has 2 nitrogen and oxygen atoms in total. The molecule has 2 aliphatic carbocycles. The maximum absolute atomic E-state index is 11.9. The van der Waals surface area contributed by atoms with Gasteiger partial charge in [0, 0.05) is 36.3 Å². The third kappa shape index (κ3) is 22.0. The van der Waals surface area contributed by atoms with E-state index in [1.807, 2.05) is 71.3 Å². The molecule has 0 aromatic heterocycles. The van der Waals surface area contributed by atoms with Crippen molar-refractivity contribution in [2.24, 2.45) is 0 Å². The maximum Gasteiger partial charge on any atom is 2.00 e. The van der Waals surface area contributed by atoms with Gasteiger partial charge in [0.2, 0.25) is 0 Å². The summed E-state index contributed by atoms with van der Waals surface area (Å²) in [4.78, 5) is 0. The first-order chi connectivity index (χ1) is 11.7. The van der Waals surface area contributed by atoms with Crippen molar-refractivity contribution in [3.63, 3.8) is 0 Å². The van der Waals surface area contributed by atoms with Gasteiger partial charge in [-0.2, -0.15) is 40.9 Å². The Morgan fingerprint density at radius 2 is 1.33 bits per heavy atom. The molecule has 2 unspecified atom stereocenters. The molecule has 0 heterocycles. The number of rotatable bonds is 3. The second-order valence-electron chi connectivity index (χ2n) is 5.14. The van der Waals surface area contributed by atoms with Crippen molar-refractivity contribution in [1.82, 2.24) is 0 Å². The number of allylic oxidation sites excluding steroid dienone is 6. The molecule has 0 fully saturated rings. The fourth-order valence-electron chi connectivity index (χ4n) is 1.41. The summed E-state index contributed by atoms with van der Waals surface area (Å²) < 4.78 is 35.7. The van der Waals surface area contributed by atoms with Crippen molar-refractivity contribution in [1.29, 1.82) is 0 Å². The van der Waals surface area contributed by atoms with Crippen LogP contribution in [0.25, 0.3) is 0 Å². The second kappa shape index (κ2) is 22.1. The van der Waals surface area contributed by atoms with Gasteiger partial charge in [0.1, 0.15) is 0 Å². The van der Waals surface area contributed by atoms with Crippen molar-refractivity contribution in [3.8, 4) is 0 Å². The topological polar surface area (TPSA) is 40.5 Å². The molecular formula is C20H29F3FeO2Rh. The predicted molar refractivity (Wildman–Crippen MR) is 98.1 cm³/mol. The smallest absolute Gasteiger partial charge is 0.388 e. The van der Waals surface area contributed by atoms with Gasteiger partial charge < -0.3 is 23.1 Å². The molecule has 0 amide bonds. The van der Waals surface area contributed by atoms with E-state index in [2.05, 4.69) is 0 Å². The van der Waals surface area contributed by atoms with Crippen LogP contribution >= 0.6 is 0 Å². The van der Waals surface area contributed by atoms with Gasteiger partial charge in [-0.05, 0) is 5.57 Å². The van der Waals surface area contributed by atoms with E-state index in [9.17, 15) is 18.3 Å². The Morgan fingerprint density at radius 1 is 0.889 bits per heavy atom. The SMILES string of the molecule is C[CH-]C.C[CH-]C.OC(CC(O)C(F)(F)F)C1=C[CH]C=C1.[CH]1C=CC=C1.[Fe].[Rh+2]. The average molecular weight is 517 g/mol. The van der Waals surface area contributed by atoms with Gasteiger partial charge >= 0.3 is 25.7 Å². The van der Waals surface area contributed by atoms with E-state index in [-0.39, 0.29) is 36.5 Å². The van der Waals surface area contributed by atoms with Crippen LogP contribution in [0.5, 0.6) is 0 Å². The number of aliphatic hydroxyl groups is 2. The minimum Gasteiger partial charge on any atom is -0.388 e. The van der Waals surface area contributed by atoms with E-state index in [1.165, 1.54) is 12.2 Å². The Labute approximate surface area is 185 Å². The molecule has 2 N–H and O–H groups in total. The summed E-state index contributed by atoms with van der Waals surface area (Å²) in [5, 5.41) is 18.0. The molecule has 0 spiro atoms. The molecule has 2 rings (SSSR count). The van der Waals surface area contributed by atoms with Crippen molar-refractivity contribution in [2.75, 3.05) is 0 Å². The molecule has 0 saturated heterocycles. The van der Waals surface area contributed by atoms with E-state index >= 15 is 0 Å². The van der Waals surface area contributed by atoms with Crippen LogP contribution < -0.4 is 0 Å². The van der Waals surface area contributed by atoms with Crippen molar-refractivity contribution < 1.29 is 59.9 Å². The van der Waals surface area contributed by atoms with Gasteiger partial charge in [-0.3, -0.25) is 0 Å². The minimum atomic E-state index is -4.67. The summed E-state index contributed by atoms with van der Waals surface area (Å²) in [6.07, 6.45) is 11.1. The van der Waals surface area contributed by atoms with Crippen molar-refractivity contribution in [2.45, 2.75) is 52.5 Å². The molecule has 7 heteroatoms. The number of hydrogen-bond donors (Lipinski definition) is 2. The molecule has 27 heavy (non-hydrogen) atoms. The summed E-state index contributed by atoms with van der Waals surface area (Å²) in [5.74, 6) is 0. The third-order valence-electron chi connectivity index (χ3n) is 2.45. The molecule has 2 atom stereocenters. The molecule has 3 radical (unpaired) electrons. The molecule has 159 valence electrons. The first kappa shape index (κ1) is 34.3. The van der Waals surface area contributed by atoms with Crippen LogP contribution in [-0.2, 0) is 36.5 Å². The zero-order valence-corrected chi connectivity index (χ0v) is 18.7. The molecule has 0 aromatic rings. The second-order valence-corrected chi connectivity index (χ2v) is 5.14. The predicted octanol–water partition coefficient (Wildman–Crippen LogP) is 5.13. The Hall–Kier alpha value is -0.187. The number of aliphatic hydroxyl groups excluding tert-OH is 2. The zero-order chi connectivity index (χ0) is 19.7. The monoisotopic (exact) mass is 517 g/mol. The number of hydrogen-bond acceptors (Lipinski definition) is 2. The van der Waals surface area contributed by atoms with Gasteiger partial charge in [-0.15, -0.1) is 0 Å². The van der Waals surface area contributed by atoms with Gasteiger partial charge in [0.15, 0.2) is 6.10 Å². The molecular weight excluding hydrogens is 488 g/mol. The Kier molecular flexibility index (Phi) is 28.1. The Morgan fingerprint density at radius 3 is 1.59 bits per heavy atom. The van der Waals surface area contributed by atoms with Crippen LogP contribution in [-0.4, -0.2) is 28.6 Å². The zero-order valence-electron chi connectivity index (χ0n) is 15.9. The van der Waals surface area contributed by atoms with E-state index < -0.39 is 24.8 Å². The first-order valence-electron chi connectivity index (χ1n) is 8.03.